The molecule has 2 rings (SSSR count). The molecular weight excluding hydrogens is 271 g/mol. The monoisotopic (exact) mass is 283 g/mol. The number of rotatable bonds is 3. The molecule has 0 unspecified atom stereocenters. The Hall–Kier alpha value is -0.420. The van der Waals surface area contributed by atoms with E-state index in [4.69, 9.17) is 17.3 Å². The van der Waals surface area contributed by atoms with Crippen molar-refractivity contribution in [2.45, 2.75) is 25.0 Å². The van der Waals surface area contributed by atoms with Crippen molar-refractivity contribution < 1.29 is 13.9 Å². The zero-order valence-electron chi connectivity index (χ0n) is 8.87. The molecule has 1 aromatic carbocycles. The Morgan fingerprint density at radius 1 is 1.29 bits per heavy atom. The molecule has 6 heteroatoms. The Labute approximate surface area is 109 Å². The van der Waals surface area contributed by atoms with Gasteiger partial charge in [0.25, 0.3) is 0 Å². The molecule has 0 saturated heterocycles. The molecule has 0 aromatic heterocycles. The summed E-state index contributed by atoms with van der Waals surface area (Å²) in [5.41, 5.74) is 5.57. The van der Waals surface area contributed by atoms with Crippen LogP contribution in [0.4, 0.5) is 8.78 Å². The van der Waals surface area contributed by atoms with Crippen LogP contribution in [0.15, 0.2) is 12.1 Å². The molecule has 2 nitrogen and oxygen atoms in total. The molecule has 0 amide bonds. The van der Waals surface area contributed by atoms with Gasteiger partial charge in [0.2, 0.25) is 0 Å². The second-order valence-electron chi connectivity index (χ2n) is 4.11. The van der Waals surface area contributed by atoms with Crippen LogP contribution in [0.25, 0.3) is 0 Å². The molecule has 17 heavy (non-hydrogen) atoms. The summed E-state index contributed by atoms with van der Waals surface area (Å²) in [6, 6.07) is 0.934. The first-order valence-corrected chi connectivity index (χ1v) is 5.47. The van der Waals surface area contributed by atoms with Crippen LogP contribution in [-0.4, -0.2) is 11.2 Å². The van der Waals surface area contributed by atoms with E-state index in [0.29, 0.717) is 0 Å². The van der Waals surface area contributed by atoms with Crippen LogP contribution in [0.5, 0.6) is 0 Å². The van der Waals surface area contributed by atoms with Crippen LogP contribution in [0.1, 0.15) is 24.4 Å². The number of benzene rings is 1. The third-order valence-corrected chi connectivity index (χ3v) is 3.27. The molecule has 1 aromatic rings. The summed E-state index contributed by atoms with van der Waals surface area (Å²) in [5, 5.41) is 9.44. The highest BCUT2D eigenvalue weighted by Crippen LogP contribution is 2.39. The molecule has 0 radical (unpaired) electrons. The zero-order valence-corrected chi connectivity index (χ0v) is 10.4. The number of nitrogens with two attached hydrogens (primary N) is 1. The molecule has 96 valence electrons. The van der Waals surface area contributed by atoms with Crippen molar-refractivity contribution in [2.75, 3.05) is 0 Å². The Kier molecular flexibility index (Phi) is 4.72. The lowest BCUT2D eigenvalue weighted by molar-refractivity contribution is 0.121. The predicted molar refractivity (Wildman–Crippen MR) is 64.3 cm³/mol. The van der Waals surface area contributed by atoms with Gasteiger partial charge >= 0.3 is 0 Å². The zero-order chi connectivity index (χ0) is 11.9. The van der Waals surface area contributed by atoms with Crippen molar-refractivity contribution in [3.8, 4) is 0 Å². The highest BCUT2D eigenvalue weighted by molar-refractivity contribution is 6.31. The SMILES string of the molecule is Cl.N[C@@H](c1c(F)ccc(F)c1Cl)[C@H](O)C1CC1. The lowest BCUT2D eigenvalue weighted by Crippen LogP contribution is -2.29. The average Bonchev–Trinajstić information content (AvgIpc) is 3.06. The summed E-state index contributed by atoms with van der Waals surface area (Å²) in [6.45, 7) is 0. The molecule has 0 aliphatic heterocycles. The van der Waals surface area contributed by atoms with E-state index < -0.39 is 23.8 Å². The van der Waals surface area contributed by atoms with Gasteiger partial charge in [0.05, 0.1) is 17.2 Å². The lowest BCUT2D eigenvalue weighted by Gasteiger charge is -2.20. The highest BCUT2D eigenvalue weighted by Gasteiger charge is 2.36. The Morgan fingerprint density at radius 2 is 1.82 bits per heavy atom. The molecule has 1 aliphatic carbocycles. The molecule has 0 spiro atoms. The summed E-state index contributed by atoms with van der Waals surface area (Å²) in [4.78, 5) is 0. The van der Waals surface area contributed by atoms with Crippen LogP contribution in [0.3, 0.4) is 0 Å². The Morgan fingerprint density at radius 3 is 2.35 bits per heavy atom. The molecule has 0 bridgehead atoms. The van der Waals surface area contributed by atoms with E-state index in [9.17, 15) is 13.9 Å². The second kappa shape index (κ2) is 5.48. The summed E-state index contributed by atoms with van der Waals surface area (Å²) in [5.74, 6) is -1.33. The summed E-state index contributed by atoms with van der Waals surface area (Å²) >= 11 is 5.66. The highest BCUT2D eigenvalue weighted by atomic mass is 35.5. The van der Waals surface area contributed by atoms with Crippen LogP contribution < -0.4 is 5.73 Å². The fraction of sp³-hybridized carbons (Fsp3) is 0.455. The van der Waals surface area contributed by atoms with Crippen molar-refractivity contribution in [2.24, 2.45) is 11.7 Å². The van der Waals surface area contributed by atoms with Gasteiger partial charge in [-0.3, -0.25) is 0 Å². The normalized spacial score (nSPS) is 18.4. The average molecular weight is 284 g/mol. The van der Waals surface area contributed by atoms with Gasteiger partial charge in [-0.05, 0) is 30.9 Å². The maximum atomic E-state index is 13.5. The minimum absolute atomic E-state index is 0. The summed E-state index contributed by atoms with van der Waals surface area (Å²) in [7, 11) is 0. The first-order valence-electron chi connectivity index (χ1n) is 5.09. The minimum Gasteiger partial charge on any atom is -0.391 e. The van der Waals surface area contributed by atoms with Gasteiger partial charge in [-0.15, -0.1) is 12.4 Å². The maximum absolute atomic E-state index is 13.5. The van der Waals surface area contributed by atoms with E-state index in [-0.39, 0.29) is 28.9 Å². The van der Waals surface area contributed by atoms with Crippen molar-refractivity contribution in [3.63, 3.8) is 0 Å². The largest absolute Gasteiger partial charge is 0.391 e. The van der Waals surface area contributed by atoms with Crippen molar-refractivity contribution in [1.82, 2.24) is 0 Å². The lowest BCUT2D eigenvalue weighted by atomic mass is 9.98. The summed E-state index contributed by atoms with van der Waals surface area (Å²) in [6.07, 6.45) is 0.862. The molecular formula is C11H13Cl2F2NO. The third-order valence-electron chi connectivity index (χ3n) is 2.89. The quantitative estimate of drug-likeness (QED) is 0.838. The van der Waals surface area contributed by atoms with Gasteiger partial charge in [-0.25, -0.2) is 8.78 Å². The Bertz CT molecular complexity index is 413. The first kappa shape index (κ1) is 14.6. The third kappa shape index (κ3) is 2.88. The molecule has 2 atom stereocenters. The second-order valence-corrected chi connectivity index (χ2v) is 4.49. The fourth-order valence-electron chi connectivity index (χ4n) is 1.75. The molecule has 1 saturated carbocycles. The van der Waals surface area contributed by atoms with Crippen LogP contribution >= 0.6 is 24.0 Å². The fourth-order valence-corrected chi connectivity index (χ4v) is 2.03. The topological polar surface area (TPSA) is 46.2 Å². The Balaban J connectivity index is 0.00000144. The van der Waals surface area contributed by atoms with Gasteiger partial charge in [0, 0.05) is 5.56 Å². The number of halogens is 4. The number of aliphatic hydroxyl groups excluding tert-OH is 1. The van der Waals surface area contributed by atoms with E-state index in [1.165, 1.54) is 0 Å². The minimum atomic E-state index is -0.976. The predicted octanol–water partition coefficient (Wildman–Crippen LogP) is 2.81. The molecule has 1 aliphatic rings. The van der Waals surface area contributed by atoms with Crippen molar-refractivity contribution in [3.05, 3.63) is 34.4 Å². The van der Waals surface area contributed by atoms with Crippen LogP contribution in [0.2, 0.25) is 5.02 Å². The first-order chi connectivity index (χ1) is 7.52. The van der Waals surface area contributed by atoms with E-state index in [0.717, 1.165) is 25.0 Å². The van der Waals surface area contributed by atoms with E-state index in [1.807, 2.05) is 0 Å². The van der Waals surface area contributed by atoms with Gasteiger partial charge in [-0.1, -0.05) is 11.6 Å². The van der Waals surface area contributed by atoms with Crippen LogP contribution in [-0.2, 0) is 0 Å². The number of hydrogen-bond donors (Lipinski definition) is 2. The van der Waals surface area contributed by atoms with Gasteiger partial charge in [0.15, 0.2) is 0 Å². The van der Waals surface area contributed by atoms with Crippen molar-refractivity contribution in [1.29, 1.82) is 0 Å². The van der Waals surface area contributed by atoms with Gasteiger partial charge in [-0.2, -0.15) is 0 Å². The molecule has 3 N–H and O–H groups in total. The summed E-state index contributed by atoms with van der Waals surface area (Å²) < 4.78 is 26.6. The molecule has 1 fully saturated rings. The van der Waals surface area contributed by atoms with Crippen LogP contribution in [0, 0.1) is 17.6 Å². The van der Waals surface area contributed by atoms with Gasteiger partial charge < -0.3 is 10.8 Å². The smallest absolute Gasteiger partial charge is 0.142 e. The molecule has 0 heterocycles. The van der Waals surface area contributed by atoms with E-state index in [2.05, 4.69) is 0 Å². The maximum Gasteiger partial charge on any atom is 0.142 e. The standard InChI is InChI=1S/C11H12ClF2NO.ClH/c12-9-7(14)4-3-6(13)8(9)10(15)11(16)5-1-2-5;/h3-5,10-11,16H,1-2,15H2;1H/t10-,11+;/m0./s1. The van der Waals surface area contributed by atoms with Crippen molar-refractivity contribution >= 4 is 24.0 Å². The van der Waals surface area contributed by atoms with Gasteiger partial charge in [0.1, 0.15) is 11.6 Å². The van der Waals surface area contributed by atoms with E-state index in [1.54, 1.807) is 0 Å². The number of aliphatic hydroxyl groups is 1. The number of hydrogen-bond acceptors (Lipinski definition) is 2. The van der Waals surface area contributed by atoms with E-state index >= 15 is 0 Å².